The Kier molecular flexibility index (Phi) is 5.36. The lowest BCUT2D eigenvalue weighted by atomic mass is 9.98. The van der Waals surface area contributed by atoms with E-state index in [2.05, 4.69) is 0 Å². The van der Waals surface area contributed by atoms with Crippen LogP contribution in [0, 0.1) is 0 Å². The second kappa shape index (κ2) is 8.10. The van der Waals surface area contributed by atoms with E-state index in [-0.39, 0.29) is 11.9 Å². The van der Waals surface area contributed by atoms with Crippen molar-refractivity contribution in [2.45, 2.75) is 24.9 Å². The van der Waals surface area contributed by atoms with Gasteiger partial charge in [0.15, 0.2) is 0 Å². The molecule has 2 amide bonds. The number of carbonyl (C=O) groups is 2. The molecule has 2 N–H and O–H groups in total. The molecule has 0 radical (unpaired) electrons. The normalized spacial score (nSPS) is 16.1. The molecule has 5 heteroatoms. The Hall–Kier alpha value is -3.11. The molecule has 0 aliphatic heterocycles. The number of nitrogens with two attached hydrogens (primary N) is 1. The number of nitrogens with zero attached hydrogens (tertiary/aromatic N) is 1. The molecule has 0 spiro atoms. The van der Waals surface area contributed by atoms with Crippen LogP contribution in [0.4, 0.5) is 0 Å². The third kappa shape index (κ3) is 3.64. The van der Waals surface area contributed by atoms with Gasteiger partial charge in [0.05, 0.1) is 6.04 Å². The molecule has 0 saturated heterocycles. The summed E-state index contributed by atoms with van der Waals surface area (Å²) in [6.45, 7) is 0. The van der Waals surface area contributed by atoms with Crippen molar-refractivity contribution in [2.75, 3.05) is 0 Å². The molecule has 0 bridgehead atoms. The quantitative estimate of drug-likeness (QED) is 0.670. The maximum Gasteiger partial charge on any atom is 0.255 e. The summed E-state index contributed by atoms with van der Waals surface area (Å²) in [5.74, 6) is -0.785. The summed E-state index contributed by atoms with van der Waals surface area (Å²) >= 11 is 6.40. The van der Waals surface area contributed by atoms with Gasteiger partial charge in [0.1, 0.15) is 6.04 Å². The van der Waals surface area contributed by atoms with E-state index in [0.29, 0.717) is 22.6 Å². The first-order valence-corrected chi connectivity index (χ1v) is 9.95. The first kappa shape index (κ1) is 19.2. The molecule has 4 nitrogen and oxygen atoms in total. The summed E-state index contributed by atoms with van der Waals surface area (Å²) in [7, 11) is 0. The number of primary amides is 1. The second-order valence-electron chi connectivity index (χ2n) is 7.16. The minimum atomic E-state index is -0.876. The fraction of sp³-hybridized carbons (Fsp3) is 0.167. The van der Waals surface area contributed by atoms with Crippen LogP contribution in [0.25, 0.3) is 0 Å². The van der Waals surface area contributed by atoms with Crippen LogP contribution < -0.4 is 5.73 Å². The number of hydrogen-bond donors (Lipinski definition) is 1. The van der Waals surface area contributed by atoms with Crippen molar-refractivity contribution < 1.29 is 9.59 Å². The van der Waals surface area contributed by atoms with E-state index < -0.39 is 11.9 Å². The van der Waals surface area contributed by atoms with E-state index in [9.17, 15) is 9.59 Å². The fourth-order valence-electron chi connectivity index (χ4n) is 4.14. The van der Waals surface area contributed by atoms with E-state index in [1.54, 1.807) is 17.0 Å². The average molecular weight is 405 g/mol. The van der Waals surface area contributed by atoms with Crippen LogP contribution >= 0.6 is 11.6 Å². The highest BCUT2D eigenvalue weighted by Crippen LogP contribution is 2.43. The SMILES string of the molecule is NC(=O)[C@H](c1ccccc1)N(C(=O)c1ccccc1)[C@@H]1CCc2c(Cl)cccc21. The second-order valence-corrected chi connectivity index (χ2v) is 7.56. The van der Waals surface area contributed by atoms with Crippen LogP contribution in [-0.2, 0) is 11.2 Å². The van der Waals surface area contributed by atoms with Crippen LogP contribution in [0.1, 0.15) is 45.6 Å². The number of rotatable bonds is 5. The minimum Gasteiger partial charge on any atom is -0.368 e. The van der Waals surface area contributed by atoms with E-state index in [0.717, 1.165) is 17.5 Å². The lowest BCUT2D eigenvalue weighted by molar-refractivity contribution is -0.123. The van der Waals surface area contributed by atoms with E-state index >= 15 is 0 Å². The van der Waals surface area contributed by atoms with Gasteiger partial charge in [0.25, 0.3) is 5.91 Å². The molecular weight excluding hydrogens is 384 g/mol. The van der Waals surface area contributed by atoms with Gasteiger partial charge in [-0.25, -0.2) is 0 Å². The van der Waals surface area contributed by atoms with Gasteiger partial charge in [0, 0.05) is 10.6 Å². The number of carbonyl (C=O) groups excluding carboxylic acids is 2. The van der Waals surface area contributed by atoms with Crippen molar-refractivity contribution in [3.8, 4) is 0 Å². The smallest absolute Gasteiger partial charge is 0.255 e. The zero-order valence-corrected chi connectivity index (χ0v) is 16.5. The molecule has 146 valence electrons. The predicted octanol–water partition coefficient (Wildman–Crippen LogP) is 4.70. The summed E-state index contributed by atoms with van der Waals surface area (Å²) in [4.78, 5) is 27.9. The van der Waals surface area contributed by atoms with Crippen LogP contribution in [0.3, 0.4) is 0 Å². The highest BCUT2D eigenvalue weighted by Gasteiger charge is 2.39. The Labute approximate surface area is 174 Å². The summed E-state index contributed by atoms with van der Waals surface area (Å²) in [5, 5.41) is 0.687. The Morgan fingerprint density at radius 2 is 1.59 bits per heavy atom. The highest BCUT2D eigenvalue weighted by molar-refractivity contribution is 6.31. The number of amides is 2. The number of benzene rings is 3. The van der Waals surface area contributed by atoms with E-state index in [1.165, 1.54) is 0 Å². The monoisotopic (exact) mass is 404 g/mol. The van der Waals surface area contributed by atoms with Gasteiger partial charge in [-0.1, -0.05) is 72.3 Å². The largest absolute Gasteiger partial charge is 0.368 e. The van der Waals surface area contributed by atoms with Crippen molar-refractivity contribution in [3.05, 3.63) is 106 Å². The highest BCUT2D eigenvalue weighted by atomic mass is 35.5. The maximum atomic E-state index is 13.6. The van der Waals surface area contributed by atoms with Gasteiger partial charge in [-0.05, 0) is 47.7 Å². The standard InChI is InChI=1S/C24H21ClN2O2/c25-20-13-7-12-19-18(20)14-15-21(19)27(24(29)17-10-5-2-6-11-17)22(23(26)28)16-8-3-1-4-9-16/h1-13,21-22H,14-15H2,(H2,26,28)/t21-,22+/m1/s1. The van der Waals surface area contributed by atoms with Crippen LogP contribution in [0.15, 0.2) is 78.9 Å². The molecule has 0 fully saturated rings. The van der Waals surface area contributed by atoms with Crippen molar-refractivity contribution in [1.82, 2.24) is 4.90 Å². The van der Waals surface area contributed by atoms with Gasteiger partial charge in [-0.15, -0.1) is 0 Å². The Morgan fingerprint density at radius 1 is 0.931 bits per heavy atom. The van der Waals surface area contributed by atoms with Crippen molar-refractivity contribution >= 4 is 23.4 Å². The van der Waals surface area contributed by atoms with Gasteiger partial charge in [-0.3, -0.25) is 9.59 Å². The number of fused-ring (bicyclic) bond motifs is 1. The molecule has 2 atom stereocenters. The summed E-state index contributed by atoms with van der Waals surface area (Å²) < 4.78 is 0. The van der Waals surface area contributed by atoms with Crippen molar-refractivity contribution in [1.29, 1.82) is 0 Å². The Morgan fingerprint density at radius 3 is 2.24 bits per heavy atom. The first-order valence-electron chi connectivity index (χ1n) is 9.57. The van der Waals surface area contributed by atoms with Gasteiger partial charge < -0.3 is 10.6 Å². The molecule has 3 aromatic rings. The molecular formula is C24H21ClN2O2. The van der Waals surface area contributed by atoms with Crippen molar-refractivity contribution in [2.24, 2.45) is 5.73 Å². The van der Waals surface area contributed by atoms with Gasteiger partial charge in [-0.2, -0.15) is 0 Å². The molecule has 4 rings (SSSR count). The maximum absolute atomic E-state index is 13.6. The van der Waals surface area contributed by atoms with Crippen molar-refractivity contribution in [3.63, 3.8) is 0 Å². The third-order valence-corrected chi connectivity index (χ3v) is 5.79. The fourth-order valence-corrected chi connectivity index (χ4v) is 4.42. The third-order valence-electron chi connectivity index (χ3n) is 5.44. The topological polar surface area (TPSA) is 63.4 Å². The van der Waals surface area contributed by atoms with Gasteiger partial charge in [0.2, 0.25) is 5.91 Å². The molecule has 0 heterocycles. The Bertz CT molecular complexity index is 1040. The predicted molar refractivity (Wildman–Crippen MR) is 114 cm³/mol. The summed E-state index contributed by atoms with van der Waals surface area (Å²) in [6.07, 6.45) is 1.44. The van der Waals surface area contributed by atoms with Crippen LogP contribution in [0.2, 0.25) is 5.02 Å². The zero-order valence-electron chi connectivity index (χ0n) is 15.8. The molecule has 0 aromatic heterocycles. The lowest BCUT2D eigenvalue weighted by Crippen LogP contribution is -2.43. The van der Waals surface area contributed by atoms with Gasteiger partial charge >= 0.3 is 0 Å². The zero-order chi connectivity index (χ0) is 20.4. The molecule has 0 saturated carbocycles. The van der Waals surface area contributed by atoms with Crippen LogP contribution in [0.5, 0.6) is 0 Å². The lowest BCUT2D eigenvalue weighted by Gasteiger charge is -2.36. The number of halogens is 1. The average Bonchev–Trinajstić information content (AvgIpc) is 3.17. The molecule has 3 aromatic carbocycles. The van der Waals surface area contributed by atoms with E-state index in [4.69, 9.17) is 17.3 Å². The minimum absolute atomic E-state index is 0.226. The van der Waals surface area contributed by atoms with E-state index in [1.807, 2.05) is 66.7 Å². The Balaban J connectivity index is 1.86. The summed E-state index contributed by atoms with van der Waals surface area (Å²) in [5.41, 5.74) is 9.06. The molecule has 29 heavy (non-hydrogen) atoms. The van der Waals surface area contributed by atoms with Crippen LogP contribution in [-0.4, -0.2) is 16.7 Å². The number of hydrogen-bond acceptors (Lipinski definition) is 2. The molecule has 0 unspecified atom stereocenters. The summed E-state index contributed by atoms with van der Waals surface area (Å²) in [6, 6.07) is 22.8. The first-order chi connectivity index (χ1) is 14.1. The molecule has 1 aliphatic carbocycles. The molecule has 1 aliphatic rings.